The number of carbonyl (C=O) groups excluding carboxylic acids is 2. The Labute approximate surface area is 157 Å². The van der Waals surface area contributed by atoms with E-state index in [0.29, 0.717) is 6.54 Å². The van der Waals surface area contributed by atoms with E-state index in [1.807, 2.05) is 6.92 Å². The van der Waals surface area contributed by atoms with Crippen molar-refractivity contribution in [2.24, 2.45) is 11.8 Å². The third kappa shape index (κ3) is 3.17. The second-order valence-corrected chi connectivity index (χ2v) is 9.08. The molecule has 3 amide bonds. The quantitative estimate of drug-likeness (QED) is 0.601. The third-order valence-corrected chi connectivity index (χ3v) is 7.19. The van der Waals surface area contributed by atoms with Gasteiger partial charge in [-0.3, -0.25) is 10.1 Å². The number of rotatable bonds is 5. The van der Waals surface area contributed by atoms with Crippen LogP contribution in [0, 0.1) is 11.8 Å². The highest BCUT2D eigenvalue weighted by Crippen LogP contribution is 2.36. The fourth-order valence-electron chi connectivity index (χ4n) is 3.54. The van der Waals surface area contributed by atoms with Crippen LogP contribution in [0.2, 0.25) is 0 Å². The number of sulfonamides is 1. The van der Waals surface area contributed by atoms with Crippen molar-refractivity contribution in [3.63, 3.8) is 0 Å². The normalized spacial score (nSPS) is 28.9. The van der Waals surface area contributed by atoms with Gasteiger partial charge in [-0.1, -0.05) is 6.92 Å². The number of imide groups is 1. The molecule has 0 unspecified atom stereocenters. The summed E-state index contributed by atoms with van der Waals surface area (Å²) in [6.45, 7) is 3.85. The molecule has 3 atom stereocenters. The van der Waals surface area contributed by atoms with Gasteiger partial charge in [0.15, 0.2) is 0 Å². The van der Waals surface area contributed by atoms with E-state index in [0.717, 1.165) is 0 Å². The molecule has 0 aliphatic carbocycles. The summed E-state index contributed by atoms with van der Waals surface area (Å²) in [7, 11) is -2.43. The van der Waals surface area contributed by atoms with Gasteiger partial charge < -0.3 is 15.2 Å². The van der Waals surface area contributed by atoms with Crippen molar-refractivity contribution in [1.82, 2.24) is 14.9 Å². The number of benzene rings is 1. The number of carbonyl (C=O) groups is 2. The van der Waals surface area contributed by atoms with Crippen LogP contribution in [0.25, 0.3) is 0 Å². The molecule has 10 heteroatoms. The minimum absolute atomic E-state index is 0.000682. The minimum atomic E-state index is -3.83. The lowest BCUT2D eigenvalue weighted by Gasteiger charge is -2.25. The molecule has 2 aliphatic heterocycles. The first-order chi connectivity index (χ1) is 12.6. The molecule has 148 valence electrons. The van der Waals surface area contributed by atoms with Gasteiger partial charge in [0.1, 0.15) is 11.3 Å². The van der Waals surface area contributed by atoms with Crippen LogP contribution in [0.1, 0.15) is 19.4 Å². The van der Waals surface area contributed by atoms with Gasteiger partial charge in [0.25, 0.3) is 5.91 Å². The number of aliphatic hydroxyl groups excluding tert-OH is 1. The molecular weight excluding hydrogens is 374 g/mol. The van der Waals surface area contributed by atoms with Gasteiger partial charge in [-0.2, -0.15) is 4.31 Å². The van der Waals surface area contributed by atoms with Gasteiger partial charge in [-0.15, -0.1) is 0 Å². The van der Waals surface area contributed by atoms with Crippen LogP contribution in [-0.2, 0) is 20.4 Å². The molecule has 9 nitrogen and oxygen atoms in total. The smallest absolute Gasteiger partial charge is 0.322 e. The summed E-state index contributed by atoms with van der Waals surface area (Å²) >= 11 is 0. The molecule has 0 aromatic heterocycles. The summed E-state index contributed by atoms with van der Waals surface area (Å²) in [4.78, 5) is 23.9. The number of methoxy groups -OCH3 is 1. The topological polar surface area (TPSA) is 125 Å². The van der Waals surface area contributed by atoms with Gasteiger partial charge in [0.2, 0.25) is 10.0 Å². The van der Waals surface area contributed by atoms with E-state index in [4.69, 9.17) is 4.74 Å². The highest BCUT2D eigenvalue weighted by atomic mass is 32.2. The summed E-state index contributed by atoms with van der Waals surface area (Å²) in [5, 5.41) is 14.1. The SMILES string of the molecule is COc1ccc(S(=O)(=O)N2C[C@@H](CO)[C@H](C)C2)cc1[C@]1(C)NC(=O)NC1=O. The van der Waals surface area contributed by atoms with Gasteiger partial charge >= 0.3 is 6.03 Å². The zero-order chi connectivity index (χ0) is 20.0. The first-order valence-corrected chi connectivity index (χ1v) is 10.0. The Morgan fingerprint density at radius 1 is 1.33 bits per heavy atom. The van der Waals surface area contributed by atoms with Crippen LogP contribution in [0.5, 0.6) is 5.75 Å². The molecule has 2 aliphatic rings. The summed E-state index contributed by atoms with van der Waals surface area (Å²) in [5.41, 5.74) is -1.19. The van der Waals surface area contributed by atoms with Crippen molar-refractivity contribution >= 4 is 22.0 Å². The Morgan fingerprint density at radius 2 is 2.04 bits per heavy atom. The van der Waals surface area contributed by atoms with E-state index in [9.17, 15) is 23.1 Å². The monoisotopic (exact) mass is 397 g/mol. The molecule has 0 radical (unpaired) electrons. The molecule has 2 heterocycles. The molecule has 0 spiro atoms. The molecule has 1 aromatic carbocycles. The number of hydrogen-bond acceptors (Lipinski definition) is 6. The van der Waals surface area contributed by atoms with Crippen LogP contribution in [0.15, 0.2) is 23.1 Å². The molecule has 3 rings (SSSR count). The highest BCUT2D eigenvalue weighted by molar-refractivity contribution is 7.89. The van der Waals surface area contributed by atoms with Gasteiger partial charge in [-0.25, -0.2) is 13.2 Å². The summed E-state index contributed by atoms with van der Waals surface area (Å²) < 4.78 is 32.8. The molecule has 27 heavy (non-hydrogen) atoms. The maximum atomic E-state index is 13.1. The van der Waals surface area contributed by atoms with E-state index < -0.39 is 27.5 Å². The minimum Gasteiger partial charge on any atom is -0.496 e. The number of aliphatic hydroxyl groups is 1. The molecule has 3 N–H and O–H groups in total. The molecule has 0 saturated carbocycles. The van der Waals surface area contributed by atoms with E-state index in [1.54, 1.807) is 0 Å². The number of urea groups is 1. The Kier molecular flexibility index (Phi) is 4.91. The van der Waals surface area contributed by atoms with Crippen molar-refractivity contribution in [3.8, 4) is 5.75 Å². The van der Waals surface area contributed by atoms with E-state index >= 15 is 0 Å². The van der Waals surface area contributed by atoms with Crippen LogP contribution >= 0.6 is 0 Å². The van der Waals surface area contributed by atoms with Crippen molar-refractivity contribution in [2.45, 2.75) is 24.3 Å². The highest BCUT2D eigenvalue weighted by Gasteiger charge is 2.46. The van der Waals surface area contributed by atoms with Crippen molar-refractivity contribution in [3.05, 3.63) is 23.8 Å². The zero-order valence-electron chi connectivity index (χ0n) is 15.4. The van der Waals surface area contributed by atoms with Crippen LogP contribution in [0.3, 0.4) is 0 Å². The first kappa shape index (κ1) is 19.6. The zero-order valence-corrected chi connectivity index (χ0v) is 16.2. The van der Waals surface area contributed by atoms with E-state index in [-0.39, 0.29) is 41.2 Å². The number of nitrogens with one attached hydrogen (secondary N) is 2. The Bertz CT molecular complexity index is 887. The largest absolute Gasteiger partial charge is 0.496 e. The van der Waals surface area contributed by atoms with Gasteiger partial charge in [0.05, 0.1) is 12.0 Å². The fourth-order valence-corrected chi connectivity index (χ4v) is 5.16. The van der Waals surface area contributed by atoms with E-state index in [1.165, 1.54) is 36.5 Å². The lowest BCUT2D eigenvalue weighted by Crippen LogP contribution is -2.41. The maximum absolute atomic E-state index is 13.1. The van der Waals surface area contributed by atoms with Crippen molar-refractivity contribution in [1.29, 1.82) is 0 Å². The molecule has 0 bridgehead atoms. The second kappa shape index (κ2) is 6.77. The van der Waals surface area contributed by atoms with Crippen LogP contribution < -0.4 is 15.4 Å². The summed E-state index contributed by atoms with van der Waals surface area (Å²) in [6.07, 6.45) is 0. The van der Waals surface area contributed by atoms with Gasteiger partial charge in [0, 0.05) is 25.3 Å². The second-order valence-electron chi connectivity index (χ2n) is 7.14. The number of ether oxygens (including phenoxy) is 1. The predicted octanol–water partition coefficient (Wildman–Crippen LogP) is -0.00130. The van der Waals surface area contributed by atoms with Crippen LogP contribution in [-0.4, -0.2) is 56.6 Å². The molecule has 1 aromatic rings. The van der Waals surface area contributed by atoms with Crippen molar-refractivity contribution < 1.29 is 27.9 Å². The summed E-state index contributed by atoms with van der Waals surface area (Å²) in [5.74, 6) is -0.373. The molecule has 2 saturated heterocycles. The average Bonchev–Trinajstić information content (AvgIpc) is 3.14. The average molecular weight is 397 g/mol. The molecular formula is C17H23N3O6S. The Hall–Kier alpha value is -2.17. The van der Waals surface area contributed by atoms with E-state index in [2.05, 4.69) is 10.6 Å². The lowest BCUT2D eigenvalue weighted by atomic mass is 9.91. The van der Waals surface area contributed by atoms with Crippen molar-refractivity contribution in [2.75, 3.05) is 26.8 Å². The lowest BCUT2D eigenvalue weighted by molar-refractivity contribution is -0.123. The molecule has 2 fully saturated rings. The maximum Gasteiger partial charge on any atom is 0.322 e. The third-order valence-electron chi connectivity index (χ3n) is 5.36. The number of hydrogen-bond donors (Lipinski definition) is 3. The standard InChI is InChI=1S/C17H23N3O6S/c1-10-7-20(8-11(10)9-21)27(24,25)12-4-5-14(26-3)13(6-12)17(2)15(22)18-16(23)19-17/h4-6,10-11,21H,7-9H2,1-3H3,(H2,18,19,22,23)/t10-,11+,17+/m1/s1. The Morgan fingerprint density at radius 3 is 2.56 bits per heavy atom. The summed E-state index contributed by atoms with van der Waals surface area (Å²) in [6, 6.07) is 3.58. The number of nitrogens with zero attached hydrogens (tertiary/aromatic N) is 1. The first-order valence-electron chi connectivity index (χ1n) is 8.56. The van der Waals surface area contributed by atoms with Crippen LogP contribution in [0.4, 0.5) is 4.79 Å². The Balaban J connectivity index is 2.03. The van der Waals surface area contributed by atoms with Gasteiger partial charge in [-0.05, 0) is 37.0 Å². The fraction of sp³-hybridized carbons (Fsp3) is 0.529. The number of amides is 3. The predicted molar refractivity (Wildman–Crippen MR) is 95.5 cm³/mol.